The summed E-state index contributed by atoms with van der Waals surface area (Å²) in [5.41, 5.74) is -1.69. The first-order valence-electron chi connectivity index (χ1n) is 7.71. The molecule has 0 radical (unpaired) electrons. The summed E-state index contributed by atoms with van der Waals surface area (Å²) in [4.78, 5) is 35.4. The molecule has 0 aliphatic heterocycles. The Balaban J connectivity index is 3.33. The minimum atomic E-state index is -4.57. The standard InChI is InChI=1S/C18H21F3O4/c1-11(23)15(16(24)25-17(2,3)4)14(8-9-22)12-6-5-7-13(10-12)18(19,20)21/h5-7,9-10,14-15H,8H2,1-4H3. The highest BCUT2D eigenvalue weighted by molar-refractivity contribution is 5.99. The van der Waals surface area contributed by atoms with Crippen LogP contribution in [0.15, 0.2) is 24.3 Å². The summed E-state index contributed by atoms with van der Waals surface area (Å²) < 4.78 is 44.0. The molecule has 0 bridgehead atoms. The second kappa shape index (κ2) is 7.80. The minimum absolute atomic E-state index is 0.0907. The number of Topliss-reactive ketones (excluding diaryl/α,β-unsaturated/α-hetero) is 1. The predicted octanol–water partition coefficient (Wildman–Crippen LogP) is 3.92. The summed E-state index contributed by atoms with van der Waals surface area (Å²) in [6.07, 6.45) is -4.37. The largest absolute Gasteiger partial charge is 0.459 e. The molecule has 25 heavy (non-hydrogen) atoms. The smallest absolute Gasteiger partial charge is 0.416 e. The molecular formula is C18H21F3O4. The number of halogens is 3. The zero-order valence-electron chi connectivity index (χ0n) is 14.5. The molecule has 0 amide bonds. The lowest BCUT2D eigenvalue weighted by atomic mass is 9.81. The molecule has 7 heteroatoms. The minimum Gasteiger partial charge on any atom is -0.459 e. The number of carbonyl (C=O) groups is 3. The molecule has 0 spiro atoms. The van der Waals surface area contributed by atoms with Crippen LogP contribution in [0.2, 0.25) is 0 Å². The van der Waals surface area contributed by atoms with Crippen molar-refractivity contribution < 1.29 is 32.3 Å². The first kappa shape index (κ1) is 20.9. The molecule has 2 atom stereocenters. The number of hydrogen-bond acceptors (Lipinski definition) is 4. The van der Waals surface area contributed by atoms with Crippen molar-refractivity contribution in [3.05, 3.63) is 35.4 Å². The van der Waals surface area contributed by atoms with Gasteiger partial charge in [-0.3, -0.25) is 9.59 Å². The van der Waals surface area contributed by atoms with Crippen molar-refractivity contribution in [1.82, 2.24) is 0 Å². The van der Waals surface area contributed by atoms with Gasteiger partial charge in [-0.1, -0.05) is 18.2 Å². The second-order valence-corrected chi connectivity index (χ2v) is 6.75. The van der Waals surface area contributed by atoms with E-state index in [1.165, 1.54) is 12.1 Å². The highest BCUT2D eigenvalue weighted by atomic mass is 19.4. The molecule has 0 heterocycles. The molecule has 1 rings (SSSR count). The Bertz CT molecular complexity index is 644. The van der Waals surface area contributed by atoms with Crippen molar-refractivity contribution in [2.45, 2.75) is 51.8 Å². The number of ether oxygens (including phenoxy) is 1. The van der Waals surface area contributed by atoms with Crippen LogP contribution in [0.1, 0.15) is 51.2 Å². The highest BCUT2D eigenvalue weighted by Crippen LogP contribution is 2.35. The Morgan fingerprint density at radius 1 is 1.20 bits per heavy atom. The number of carbonyl (C=O) groups excluding carboxylic acids is 3. The van der Waals surface area contributed by atoms with E-state index in [4.69, 9.17) is 4.74 Å². The predicted molar refractivity (Wildman–Crippen MR) is 84.9 cm³/mol. The van der Waals surface area contributed by atoms with Gasteiger partial charge in [-0.15, -0.1) is 0 Å². The van der Waals surface area contributed by atoms with E-state index in [2.05, 4.69) is 0 Å². The van der Waals surface area contributed by atoms with Gasteiger partial charge < -0.3 is 9.53 Å². The van der Waals surface area contributed by atoms with Crippen molar-refractivity contribution in [1.29, 1.82) is 0 Å². The zero-order valence-corrected chi connectivity index (χ0v) is 14.5. The second-order valence-electron chi connectivity index (χ2n) is 6.75. The first-order valence-corrected chi connectivity index (χ1v) is 7.71. The maximum atomic E-state index is 12.9. The molecule has 0 aromatic heterocycles. The fourth-order valence-electron chi connectivity index (χ4n) is 2.49. The summed E-state index contributed by atoms with van der Waals surface area (Å²) in [6.45, 7) is 5.99. The average molecular weight is 358 g/mol. The normalized spacial score (nSPS) is 14.5. The summed E-state index contributed by atoms with van der Waals surface area (Å²) in [7, 11) is 0. The van der Waals surface area contributed by atoms with Crippen LogP contribution in [0.25, 0.3) is 0 Å². The molecule has 4 nitrogen and oxygen atoms in total. The highest BCUT2D eigenvalue weighted by Gasteiger charge is 2.38. The lowest BCUT2D eigenvalue weighted by molar-refractivity contribution is -0.162. The van der Waals surface area contributed by atoms with Crippen molar-refractivity contribution in [2.24, 2.45) is 5.92 Å². The topological polar surface area (TPSA) is 60.4 Å². The number of alkyl halides is 3. The number of benzene rings is 1. The third-order valence-corrected chi connectivity index (χ3v) is 3.49. The van der Waals surface area contributed by atoms with E-state index >= 15 is 0 Å². The third-order valence-electron chi connectivity index (χ3n) is 3.49. The molecule has 0 N–H and O–H groups in total. The molecule has 0 saturated heterocycles. The molecule has 2 unspecified atom stereocenters. The van der Waals surface area contributed by atoms with Gasteiger partial charge in [0.1, 0.15) is 23.6 Å². The SMILES string of the molecule is CC(=O)C(C(=O)OC(C)(C)C)C(CC=O)c1cccc(C(F)(F)F)c1. The lowest BCUT2D eigenvalue weighted by Crippen LogP contribution is -2.35. The maximum absolute atomic E-state index is 12.9. The van der Waals surface area contributed by atoms with Crippen LogP contribution in [0.5, 0.6) is 0 Å². The number of rotatable bonds is 6. The molecule has 0 aliphatic rings. The average Bonchev–Trinajstić information content (AvgIpc) is 2.43. The molecule has 138 valence electrons. The van der Waals surface area contributed by atoms with Crippen LogP contribution >= 0.6 is 0 Å². The molecule has 0 aliphatic carbocycles. The Morgan fingerprint density at radius 3 is 2.24 bits per heavy atom. The molecular weight excluding hydrogens is 337 g/mol. The fraction of sp³-hybridized carbons (Fsp3) is 0.500. The molecule has 1 aromatic rings. The first-order chi connectivity index (χ1) is 11.4. The van der Waals surface area contributed by atoms with Gasteiger partial charge >= 0.3 is 12.1 Å². The van der Waals surface area contributed by atoms with Crippen LogP contribution in [0.4, 0.5) is 13.2 Å². The quantitative estimate of drug-likeness (QED) is 0.439. The summed E-state index contributed by atoms with van der Waals surface area (Å²) in [6, 6.07) is 4.29. The van der Waals surface area contributed by atoms with E-state index in [1.54, 1.807) is 20.8 Å². The number of aldehydes is 1. The Hall–Kier alpha value is -2.18. The van der Waals surface area contributed by atoms with E-state index in [-0.39, 0.29) is 12.0 Å². The lowest BCUT2D eigenvalue weighted by Gasteiger charge is -2.27. The summed E-state index contributed by atoms with van der Waals surface area (Å²) in [5, 5.41) is 0. The van der Waals surface area contributed by atoms with Crippen molar-refractivity contribution >= 4 is 18.0 Å². The maximum Gasteiger partial charge on any atom is 0.416 e. The monoisotopic (exact) mass is 358 g/mol. The third kappa shape index (κ3) is 5.99. The molecule has 0 fully saturated rings. The van der Waals surface area contributed by atoms with Crippen LogP contribution < -0.4 is 0 Å². The van der Waals surface area contributed by atoms with Gasteiger partial charge in [0.05, 0.1) is 5.56 Å². The fourth-order valence-corrected chi connectivity index (χ4v) is 2.49. The van der Waals surface area contributed by atoms with E-state index in [0.29, 0.717) is 6.29 Å². The molecule has 0 saturated carbocycles. The van der Waals surface area contributed by atoms with Gasteiger partial charge in [0.25, 0.3) is 0 Å². The van der Waals surface area contributed by atoms with Crippen LogP contribution in [-0.4, -0.2) is 23.6 Å². The Morgan fingerprint density at radius 2 is 1.80 bits per heavy atom. The number of esters is 1. The van der Waals surface area contributed by atoms with Crippen LogP contribution in [-0.2, 0) is 25.3 Å². The van der Waals surface area contributed by atoms with Gasteiger partial charge in [-0.05, 0) is 39.3 Å². The van der Waals surface area contributed by atoms with Crippen molar-refractivity contribution in [2.75, 3.05) is 0 Å². The van der Waals surface area contributed by atoms with Gasteiger partial charge in [0, 0.05) is 12.3 Å². The van der Waals surface area contributed by atoms with Gasteiger partial charge in [0.2, 0.25) is 0 Å². The van der Waals surface area contributed by atoms with Gasteiger partial charge in [-0.25, -0.2) is 0 Å². The zero-order chi connectivity index (χ0) is 19.4. The summed E-state index contributed by atoms with van der Waals surface area (Å²) in [5.74, 6) is -3.80. The van der Waals surface area contributed by atoms with Crippen LogP contribution in [0, 0.1) is 5.92 Å². The Labute approximate surface area is 144 Å². The van der Waals surface area contributed by atoms with E-state index in [9.17, 15) is 27.6 Å². The van der Waals surface area contributed by atoms with E-state index in [1.807, 2.05) is 0 Å². The van der Waals surface area contributed by atoms with E-state index in [0.717, 1.165) is 19.1 Å². The number of hydrogen-bond donors (Lipinski definition) is 0. The van der Waals surface area contributed by atoms with Crippen molar-refractivity contribution in [3.63, 3.8) is 0 Å². The van der Waals surface area contributed by atoms with Crippen LogP contribution in [0.3, 0.4) is 0 Å². The number of ketones is 1. The van der Waals surface area contributed by atoms with E-state index < -0.39 is 40.9 Å². The Kier molecular flexibility index (Phi) is 6.51. The van der Waals surface area contributed by atoms with Crippen molar-refractivity contribution in [3.8, 4) is 0 Å². The van der Waals surface area contributed by atoms with Gasteiger partial charge in [0.15, 0.2) is 0 Å². The molecule has 1 aromatic carbocycles. The van der Waals surface area contributed by atoms with Gasteiger partial charge in [-0.2, -0.15) is 13.2 Å². The summed E-state index contributed by atoms with van der Waals surface area (Å²) >= 11 is 0.